The van der Waals surface area contributed by atoms with Gasteiger partial charge in [0.05, 0.1) is 17.6 Å². The predicted molar refractivity (Wildman–Crippen MR) is 134 cm³/mol. The van der Waals surface area contributed by atoms with Crippen LogP contribution in [0.15, 0.2) is 84.3 Å². The number of anilines is 1. The predicted octanol–water partition coefficient (Wildman–Crippen LogP) is 6.67. The number of imidazole rings is 1. The van der Waals surface area contributed by atoms with Gasteiger partial charge >= 0.3 is 5.51 Å². The van der Waals surface area contributed by atoms with Crippen molar-refractivity contribution in [2.24, 2.45) is 0 Å². The average molecular weight is 508 g/mol. The molecule has 0 atom stereocenters. The van der Waals surface area contributed by atoms with E-state index in [1.165, 1.54) is 24.3 Å². The van der Waals surface area contributed by atoms with Crippen LogP contribution in [0, 0.1) is 13.8 Å². The summed E-state index contributed by atoms with van der Waals surface area (Å²) in [6.07, 6.45) is 7.14. The van der Waals surface area contributed by atoms with Gasteiger partial charge in [0.2, 0.25) is 0 Å². The normalized spacial score (nSPS) is 11.7. The molecular formula is C26H20F3N5OS. The van der Waals surface area contributed by atoms with Crippen LogP contribution in [0.5, 0.6) is 0 Å². The van der Waals surface area contributed by atoms with Gasteiger partial charge in [-0.15, -0.1) is 0 Å². The maximum absolute atomic E-state index is 12.9. The minimum atomic E-state index is -4.43. The summed E-state index contributed by atoms with van der Waals surface area (Å²) in [7, 11) is 0. The molecule has 36 heavy (non-hydrogen) atoms. The second kappa shape index (κ2) is 9.19. The molecule has 0 aliphatic rings. The molecule has 0 aliphatic heterocycles. The minimum Gasteiger partial charge on any atom is -0.322 e. The number of hydrogen-bond acceptors (Lipinski definition) is 4. The van der Waals surface area contributed by atoms with Gasteiger partial charge in [-0.2, -0.15) is 13.2 Å². The lowest BCUT2D eigenvalue weighted by Gasteiger charge is -2.16. The van der Waals surface area contributed by atoms with E-state index in [1.54, 1.807) is 18.6 Å². The van der Waals surface area contributed by atoms with Crippen LogP contribution in [0.2, 0.25) is 0 Å². The zero-order valence-corrected chi connectivity index (χ0v) is 20.1. The molecule has 6 nitrogen and oxygen atoms in total. The van der Waals surface area contributed by atoms with Crippen LogP contribution in [0.3, 0.4) is 0 Å². The first-order valence-electron chi connectivity index (χ1n) is 10.9. The maximum Gasteiger partial charge on any atom is 0.446 e. The fraction of sp³-hybridized carbons (Fsp3) is 0.115. The second-order valence-electron chi connectivity index (χ2n) is 8.20. The summed E-state index contributed by atoms with van der Waals surface area (Å²) >= 11 is -0.251. The number of benzene rings is 2. The van der Waals surface area contributed by atoms with E-state index in [0.717, 1.165) is 33.7 Å². The van der Waals surface area contributed by atoms with E-state index in [1.807, 2.05) is 59.6 Å². The smallest absolute Gasteiger partial charge is 0.322 e. The van der Waals surface area contributed by atoms with Gasteiger partial charge in [-0.3, -0.25) is 14.5 Å². The topological polar surface area (TPSA) is 64.2 Å². The Kier molecular flexibility index (Phi) is 6.05. The van der Waals surface area contributed by atoms with Crippen molar-refractivity contribution in [2.45, 2.75) is 24.3 Å². The summed E-state index contributed by atoms with van der Waals surface area (Å²) in [6, 6.07) is 15.0. The molecule has 182 valence electrons. The summed E-state index contributed by atoms with van der Waals surface area (Å²) in [5.41, 5.74) is 1.38. The van der Waals surface area contributed by atoms with Crippen molar-refractivity contribution < 1.29 is 18.0 Å². The molecule has 0 fully saturated rings. The first-order chi connectivity index (χ1) is 17.2. The molecule has 0 saturated carbocycles. The number of rotatable bonds is 5. The van der Waals surface area contributed by atoms with Crippen molar-refractivity contribution >= 4 is 29.0 Å². The summed E-state index contributed by atoms with van der Waals surface area (Å²) in [4.78, 5) is 21.6. The average Bonchev–Trinajstić information content (AvgIpc) is 3.43. The Morgan fingerprint density at radius 2 is 1.83 bits per heavy atom. The number of aromatic nitrogens is 4. The molecule has 0 bridgehead atoms. The van der Waals surface area contributed by atoms with E-state index in [2.05, 4.69) is 15.3 Å². The van der Waals surface area contributed by atoms with Crippen LogP contribution in [0.4, 0.5) is 18.9 Å². The molecule has 0 aliphatic carbocycles. The van der Waals surface area contributed by atoms with Crippen LogP contribution >= 0.6 is 11.8 Å². The number of hydrogen-bond donors (Lipinski definition) is 1. The number of amides is 1. The van der Waals surface area contributed by atoms with E-state index in [-0.39, 0.29) is 22.2 Å². The molecule has 10 heteroatoms. The third-order valence-corrected chi connectivity index (χ3v) is 6.39. The molecular weight excluding hydrogens is 487 g/mol. The van der Waals surface area contributed by atoms with Gasteiger partial charge in [0.15, 0.2) is 5.65 Å². The molecule has 1 amide bonds. The number of halogens is 3. The molecule has 3 heterocycles. The molecule has 5 aromatic rings. The molecule has 3 aromatic heterocycles. The number of pyridine rings is 1. The van der Waals surface area contributed by atoms with Gasteiger partial charge in [-0.05, 0) is 73.1 Å². The van der Waals surface area contributed by atoms with Gasteiger partial charge in [-0.25, -0.2) is 9.50 Å². The minimum absolute atomic E-state index is 0.0470. The summed E-state index contributed by atoms with van der Waals surface area (Å²) in [6.45, 7) is 3.84. The Labute approximate surface area is 208 Å². The van der Waals surface area contributed by atoms with Crippen molar-refractivity contribution in [1.29, 1.82) is 0 Å². The Balaban J connectivity index is 1.51. The lowest BCUT2D eigenvalue weighted by Crippen LogP contribution is -2.14. The molecule has 0 spiro atoms. The molecule has 5 rings (SSSR count). The van der Waals surface area contributed by atoms with E-state index in [9.17, 15) is 18.0 Å². The van der Waals surface area contributed by atoms with Crippen molar-refractivity contribution in [3.63, 3.8) is 0 Å². The first-order valence-corrected chi connectivity index (χ1v) is 11.8. The quantitative estimate of drug-likeness (QED) is 0.270. The van der Waals surface area contributed by atoms with Crippen LogP contribution in [-0.2, 0) is 0 Å². The van der Waals surface area contributed by atoms with Crippen LogP contribution < -0.4 is 5.32 Å². The number of carbonyl (C=O) groups excluding carboxylic acids is 1. The van der Waals surface area contributed by atoms with Gasteiger partial charge in [0.25, 0.3) is 5.91 Å². The van der Waals surface area contributed by atoms with E-state index < -0.39 is 11.4 Å². The van der Waals surface area contributed by atoms with Crippen molar-refractivity contribution in [3.05, 3.63) is 96.1 Å². The van der Waals surface area contributed by atoms with Crippen molar-refractivity contribution in [1.82, 2.24) is 19.2 Å². The molecule has 1 N–H and O–H groups in total. The lowest BCUT2D eigenvalue weighted by molar-refractivity contribution is -0.0328. The second-order valence-corrected chi connectivity index (χ2v) is 9.34. The number of nitrogens with one attached hydrogen (secondary N) is 1. The number of carbonyl (C=O) groups is 1. The van der Waals surface area contributed by atoms with E-state index >= 15 is 0 Å². The lowest BCUT2D eigenvalue weighted by atomic mass is 10.1. The van der Waals surface area contributed by atoms with Crippen LogP contribution in [0.1, 0.15) is 21.5 Å². The number of thioether (sulfide) groups is 1. The summed E-state index contributed by atoms with van der Waals surface area (Å²) < 4.78 is 42.2. The number of alkyl halides is 3. The summed E-state index contributed by atoms with van der Waals surface area (Å²) in [5.74, 6) is -0.492. The highest BCUT2D eigenvalue weighted by atomic mass is 32.2. The Morgan fingerprint density at radius 1 is 1.00 bits per heavy atom. The van der Waals surface area contributed by atoms with Gasteiger partial charge in [0.1, 0.15) is 0 Å². The Morgan fingerprint density at radius 3 is 2.58 bits per heavy atom. The molecule has 0 radical (unpaired) electrons. The number of aryl methyl sites for hydroxylation is 2. The standard InChI is InChI=1S/C26H20F3N5OS/c1-16-11-17(2)22(33-10-8-24-31-15-23(34(24)33)19-6-4-9-30-14-19)13-21(16)32-25(35)18-5-3-7-20(12-18)36-26(27,28)29/h3-15H,1-2H3,(H,32,35). The highest BCUT2D eigenvalue weighted by Crippen LogP contribution is 2.37. The van der Waals surface area contributed by atoms with E-state index in [0.29, 0.717) is 5.69 Å². The zero-order chi connectivity index (χ0) is 25.4. The van der Waals surface area contributed by atoms with Gasteiger partial charge in [-0.1, -0.05) is 12.1 Å². The largest absolute Gasteiger partial charge is 0.446 e. The third-order valence-electron chi connectivity index (χ3n) is 5.67. The van der Waals surface area contributed by atoms with Crippen LogP contribution in [0.25, 0.3) is 22.6 Å². The van der Waals surface area contributed by atoms with E-state index in [4.69, 9.17) is 0 Å². The van der Waals surface area contributed by atoms with Crippen LogP contribution in [-0.4, -0.2) is 30.6 Å². The van der Waals surface area contributed by atoms with Gasteiger partial charge < -0.3 is 5.32 Å². The third kappa shape index (κ3) is 4.72. The Hall–Kier alpha value is -4.05. The summed E-state index contributed by atoms with van der Waals surface area (Å²) in [5, 5.41) is 2.86. The molecule has 0 unspecified atom stereocenters. The molecule has 2 aromatic carbocycles. The SMILES string of the molecule is Cc1cc(C)c(-n2ccc3ncc(-c4cccnc4)n32)cc1NC(=O)c1cccc(SC(F)(F)F)c1. The Bertz CT molecular complexity index is 1570. The zero-order valence-electron chi connectivity index (χ0n) is 19.2. The monoisotopic (exact) mass is 507 g/mol. The highest BCUT2D eigenvalue weighted by Gasteiger charge is 2.29. The fourth-order valence-electron chi connectivity index (χ4n) is 4.05. The van der Waals surface area contributed by atoms with Crippen molar-refractivity contribution in [3.8, 4) is 16.9 Å². The fourth-order valence-corrected chi connectivity index (χ4v) is 4.65. The number of fused-ring (bicyclic) bond motifs is 1. The molecule has 0 saturated heterocycles. The highest BCUT2D eigenvalue weighted by molar-refractivity contribution is 8.00. The van der Waals surface area contributed by atoms with Crippen molar-refractivity contribution in [2.75, 3.05) is 5.32 Å². The first kappa shape index (κ1) is 23.7. The number of nitrogens with zero attached hydrogens (tertiary/aromatic N) is 4. The maximum atomic E-state index is 12.9. The van der Waals surface area contributed by atoms with Gasteiger partial charge in [0, 0.05) is 46.4 Å².